The number of unbranched alkanes of at least 4 members (excludes halogenated alkanes) is 14. The van der Waals surface area contributed by atoms with Crippen molar-refractivity contribution in [3.63, 3.8) is 0 Å². The summed E-state index contributed by atoms with van der Waals surface area (Å²) < 4.78 is 0. The molecule has 0 unspecified atom stereocenters. The average Bonchev–Trinajstić information content (AvgIpc) is 2.82. The Labute approximate surface area is 199 Å². The molecule has 32 heavy (non-hydrogen) atoms. The Kier molecular flexibility index (Phi) is 14.9. The first kappa shape index (κ1) is 26.7. The van der Waals surface area contributed by atoms with Crippen molar-refractivity contribution in [1.29, 1.82) is 0 Å². The first-order valence-electron chi connectivity index (χ1n) is 13.6. The van der Waals surface area contributed by atoms with Gasteiger partial charge in [0.1, 0.15) is 0 Å². The van der Waals surface area contributed by atoms with Gasteiger partial charge in [0.05, 0.1) is 0 Å². The highest BCUT2D eigenvalue weighted by atomic mass is 15.1. The maximum absolute atomic E-state index is 2.48. The van der Waals surface area contributed by atoms with E-state index < -0.39 is 0 Å². The van der Waals surface area contributed by atoms with Gasteiger partial charge in [-0.15, -0.1) is 0 Å². The summed E-state index contributed by atoms with van der Waals surface area (Å²) in [5, 5.41) is 0. The Bertz CT molecular complexity index is 678. The Morgan fingerprint density at radius 2 is 1.03 bits per heavy atom. The monoisotopic (exact) mass is 435 g/mol. The molecule has 0 spiro atoms. The molecule has 0 saturated heterocycles. The van der Waals surface area contributed by atoms with Crippen LogP contribution in [0.2, 0.25) is 0 Å². The van der Waals surface area contributed by atoms with E-state index in [2.05, 4.69) is 73.5 Å². The molecular formula is C31H49N. The molecule has 178 valence electrons. The van der Waals surface area contributed by atoms with Crippen LogP contribution in [-0.4, -0.2) is 18.5 Å². The topological polar surface area (TPSA) is 3.24 Å². The second-order valence-corrected chi connectivity index (χ2v) is 9.75. The molecule has 1 nitrogen and oxygen atoms in total. The Balaban J connectivity index is 1.43. The van der Waals surface area contributed by atoms with E-state index in [-0.39, 0.29) is 0 Å². The maximum atomic E-state index is 2.48. The zero-order chi connectivity index (χ0) is 22.7. The normalized spacial score (nSPS) is 11.3. The minimum Gasteiger partial charge on any atom is -0.302 e. The van der Waals surface area contributed by atoms with Gasteiger partial charge < -0.3 is 4.90 Å². The van der Waals surface area contributed by atoms with Gasteiger partial charge in [0.15, 0.2) is 0 Å². The van der Waals surface area contributed by atoms with Crippen molar-refractivity contribution >= 4 is 0 Å². The lowest BCUT2D eigenvalue weighted by Gasteiger charge is -2.17. The van der Waals surface area contributed by atoms with Crippen LogP contribution in [-0.2, 0) is 6.54 Å². The molecule has 2 aromatic carbocycles. The molecule has 0 aromatic heterocycles. The highest BCUT2D eigenvalue weighted by Crippen LogP contribution is 2.21. The Morgan fingerprint density at radius 3 is 1.59 bits per heavy atom. The van der Waals surface area contributed by atoms with Crippen LogP contribution in [0.5, 0.6) is 0 Å². The molecule has 0 N–H and O–H groups in total. The van der Waals surface area contributed by atoms with Crippen molar-refractivity contribution in [3.8, 4) is 11.1 Å². The quantitative estimate of drug-likeness (QED) is 0.198. The van der Waals surface area contributed by atoms with E-state index in [1.165, 1.54) is 120 Å². The van der Waals surface area contributed by atoms with E-state index in [0.717, 1.165) is 6.54 Å². The molecular weight excluding hydrogens is 386 g/mol. The van der Waals surface area contributed by atoms with Crippen LogP contribution < -0.4 is 0 Å². The molecule has 2 aromatic rings. The second-order valence-electron chi connectivity index (χ2n) is 9.75. The molecule has 0 radical (unpaired) electrons. The number of benzene rings is 2. The van der Waals surface area contributed by atoms with Crippen LogP contribution in [0.25, 0.3) is 11.1 Å². The fourth-order valence-electron chi connectivity index (χ4n) is 4.62. The van der Waals surface area contributed by atoms with Gasteiger partial charge in [-0.3, -0.25) is 0 Å². The van der Waals surface area contributed by atoms with Crippen LogP contribution in [0.1, 0.15) is 109 Å². The summed E-state index contributed by atoms with van der Waals surface area (Å²) in [5.74, 6) is 0. The SMILES string of the molecule is CCCCCCCCCCCCCCCCCN(C)Cc1cccc(-c2ccccc2)c1. The van der Waals surface area contributed by atoms with Gasteiger partial charge in [0.2, 0.25) is 0 Å². The minimum atomic E-state index is 1.04. The van der Waals surface area contributed by atoms with Gasteiger partial charge in [-0.1, -0.05) is 145 Å². The lowest BCUT2D eigenvalue weighted by molar-refractivity contribution is 0.316. The van der Waals surface area contributed by atoms with E-state index in [1.807, 2.05) is 0 Å². The number of hydrogen-bond donors (Lipinski definition) is 0. The van der Waals surface area contributed by atoms with Crippen LogP contribution in [0.4, 0.5) is 0 Å². The molecule has 0 heterocycles. The van der Waals surface area contributed by atoms with Crippen molar-refractivity contribution in [2.45, 2.75) is 110 Å². The standard InChI is InChI=1S/C31H49N/c1-3-4-5-6-7-8-9-10-11-12-13-14-15-16-20-26-32(2)28-29-22-21-25-31(27-29)30-23-18-17-19-24-30/h17-19,21-25,27H,3-16,20,26,28H2,1-2H3. The summed E-state index contributed by atoms with van der Waals surface area (Å²) in [7, 11) is 2.26. The Morgan fingerprint density at radius 1 is 0.531 bits per heavy atom. The van der Waals surface area contributed by atoms with Gasteiger partial charge in [-0.05, 0) is 42.8 Å². The van der Waals surface area contributed by atoms with Crippen molar-refractivity contribution in [2.24, 2.45) is 0 Å². The Hall–Kier alpha value is -1.60. The zero-order valence-electron chi connectivity index (χ0n) is 21.2. The van der Waals surface area contributed by atoms with Crippen molar-refractivity contribution in [1.82, 2.24) is 4.90 Å². The molecule has 0 amide bonds. The van der Waals surface area contributed by atoms with E-state index in [9.17, 15) is 0 Å². The molecule has 0 fully saturated rings. The lowest BCUT2D eigenvalue weighted by atomic mass is 10.0. The predicted molar refractivity (Wildman–Crippen MR) is 143 cm³/mol. The third-order valence-electron chi connectivity index (χ3n) is 6.63. The molecule has 0 bridgehead atoms. The van der Waals surface area contributed by atoms with Crippen LogP contribution in [0.15, 0.2) is 54.6 Å². The number of rotatable bonds is 19. The molecule has 0 saturated carbocycles. The summed E-state index contributed by atoms with van der Waals surface area (Å²) in [5.41, 5.74) is 4.04. The molecule has 0 aliphatic heterocycles. The summed E-state index contributed by atoms with van der Waals surface area (Å²) in [4.78, 5) is 2.48. The van der Waals surface area contributed by atoms with Gasteiger partial charge in [0, 0.05) is 6.54 Å². The van der Waals surface area contributed by atoms with Crippen LogP contribution in [0.3, 0.4) is 0 Å². The van der Waals surface area contributed by atoms with Gasteiger partial charge in [0.25, 0.3) is 0 Å². The van der Waals surface area contributed by atoms with Gasteiger partial charge in [-0.25, -0.2) is 0 Å². The van der Waals surface area contributed by atoms with E-state index in [4.69, 9.17) is 0 Å². The molecule has 0 aliphatic carbocycles. The lowest BCUT2D eigenvalue weighted by Crippen LogP contribution is -2.19. The second kappa shape index (κ2) is 17.9. The molecule has 1 heteroatoms. The fourth-order valence-corrected chi connectivity index (χ4v) is 4.62. The highest BCUT2D eigenvalue weighted by molar-refractivity contribution is 5.63. The summed E-state index contributed by atoms with van der Waals surface area (Å²) in [6, 6.07) is 19.7. The van der Waals surface area contributed by atoms with E-state index >= 15 is 0 Å². The van der Waals surface area contributed by atoms with Gasteiger partial charge in [-0.2, -0.15) is 0 Å². The minimum absolute atomic E-state index is 1.04. The summed E-state index contributed by atoms with van der Waals surface area (Å²) >= 11 is 0. The first-order valence-corrected chi connectivity index (χ1v) is 13.6. The average molecular weight is 436 g/mol. The third kappa shape index (κ3) is 12.4. The first-order chi connectivity index (χ1) is 15.8. The number of hydrogen-bond acceptors (Lipinski definition) is 1. The fraction of sp³-hybridized carbons (Fsp3) is 0.613. The highest BCUT2D eigenvalue weighted by Gasteiger charge is 2.03. The summed E-state index contributed by atoms with van der Waals surface area (Å²) in [6.07, 6.45) is 21.5. The van der Waals surface area contributed by atoms with Crippen molar-refractivity contribution in [2.75, 3.05) is 13.6 Å². The maximum Gasteiger partial charge on any atom is 0.0230 e. The zero-order valence-corrected chi connectivity index (χ0v) is 21.2. The smallest absolute Gasteiger partial charge is 0.0230 e. The predicted octanol–water partition coefficient (Wildman–Crippen LogP) is 9.66. The van der Waals surface area contributed by atoms with E-state index in [1.54, 1.807) is 0 Å². The largest absolute Gasteiger partial charge is 0.302 e. The summed E-state index contributed by atoms with van der Waals surface area (Å²) in [6.45, 7) is 4.54. The van der Waals surface area contributed by atoms with E-state index in [0.29, 0.717) is 0 Å². The van der Waals surface area contributed by atoms with Crippen molar-refractivity contribution < 1.29 is 0 Å². The van der Waals surface area contributed by atoms with Gasteiger partial charge >= 0.3 is 0 Å². The molecule has 2 rings (SSSR count). The third-order valence-corrected chi connectivity index (χ3v) is 6.63. The molecule has 0 atom stereocenters. The van der Waals surface area contributed by atoms with Crippen LogP contribution >= 0.6 is 0 Å². The number of nitrogens with zero attached hydrogens (tertiary/aromatic N) is 1. The van der Waals surface area contributed by atoms with Crippen LogP contribution in [0, 0.1) is 0 Å². The van der Waals surface area contributed by atoms with Crippen molar-refractivity contribution in [3.05, 3.63) is 60.2 Å². The molecule has 0 aliphatic rings.